The maximum atomic E-state index is 13.3. The van der Waals surface area contributed by atoms with Crippen molar-refractivity contribution in [1.29, 1.82) is 0 Å². The van der Waals surface area contributed by atoms with Crippen LogP contribution in [0.25, 0.3) is 0 Å². The molecule has 1 amide bonds. The van der Waals surface area contributed by atoms with E-state index in [1.165, 1.54) is 135 Å². The lowest BCUT2D eigenvalue weighted by Crippen LogP contribution is -2.39. The highest BCUT2D eigenvalue weighted by atomic mass is 16.5. The van der Waals surface area contributed by atoms with E-state index in [-0.39, 0.29) is 23.8 Å². The third-order valence-corrected chi connectivity index (χ3v) is 10.2. The predicted octanol–water partition coefficient (Wildman–Crippen LogP) is 11.0. The summed E-state index contributed by atoms with van der Waals surface area (Å²) in [4.78, 5) is 30.9. The van der Waals surface area contributed by atoms with E-state index in [9.17, 15) is 9.59 Å². The van der Waals surface area contributed by atoms with Gasteiger partial charge in [-0.2, -0.15) is 0 Å². The summed E-state index contributed by atoms with van der Waals surface area (Å²) in [5.74, 6) is -0.257. The van der Waals surface area contributed by atoms with E-state index >= 15 is 0 Å². The number of unbranched alkanes of at least 4 members (excludes halogenated alkanes) is 17. The number of allylic oxidation sites excluding steroid dienone is 4. The van der Waals surface area contributed by atoms with Gasteiger partial charge in [-0.15, -0.1) is 0 Å². The molecule has 2 saturated heterocycles. The summed E-state index contributed by atoms with van der Waals surface area (Å²) in [5, 5.41) is 0. The molecule has 46 heavy (non-hydrogen) atoms. The first kappa shape index (κ1) is 40.6. The van der Waals surface area contributed by atoms with Gasteiger partial charge in [0.25, 0.3) is 0 Å². The van der Waals surface area contributed by atoms with E-state index < -0.39 is 0 Å². The van der Waals surface area contributed by atoms with Crippen molar-refractivity contribution in [2.24, 2.45) is 5.92 Å². The third kappa shape index (κ3) is 19.3. The molecular weight excluding hydrogens is 568 g/mol. The molecule has 5 heteroatoms. The van der Waals surface area contributed by atoms with Crippen molar-refractivity contribution in [3.8, 4) is 0 Å². The maximum absolute atomic E-state index is 13.3. The van der Waals surface area contributed by atoms with Crippen LogP contribution in [0.4, 0.5) is 0 Å². The Bertz CT molecular complexity index is 804. The van der Waals surface area contributed by atoms with Crippen LogP contribution in [0.3, 0.4) is 0 Å². The minimum atomic E-state index is -0.289. The number of hydrogen-bond acceptors (Lipinski definition) is 4. The highest BCUT2D eigenvalue weighted by Crippen LogP contribution is 2.31. The van der Waals surface area contributed by atoms with Crippen molar-refractivity contribution >= 4 is 11.9 Å². The molecule has 0 aromatic carbocycles. The summed E-state index contributed by atoms with van der Waals surface area (Å²) in [6.07, 6.45) is 40.7. The van der Waals surface area contributed by atoms with Crippen LogP contribution in [0.5, 0.6) is 0 Å². The van der Waals surface area contributed by atoms with Crippen molar-refractivity contribution in [2.75, 3.05) is 32.8 Å². The Morgan fingerprint density at radius 1 is 0.674 bits per heavy atom. The van der Waals surface area contributed by atoms with Gasteiger partial charge in [-0.3, -0.25) is 14.5 Å². The van der Waals surface area contributed by atoms with Gasteiger partial charge in [-0.1, -0.05) is 141 Å². The second-order valence-electron chi connectivity index (χ2n) is 14.2. The molecule has 2 fully saturated rings. The molecule has 266 valence electrons. The Kier molecular flexibility index (Phi) is 25.0. The Hall–Kier alpha value is -1.62. The minimum Gasteiger partial charge on any atom is -0.464 e. The number of carbonyl (C=O) groups is 2. The lowest BCUT2D eigenvalue weighted by Gasteiger charge is -2.28. The average molecular weight is 643 g/mol. The Labute approximate surface area is 285 Å². The van der Waals surface area contributed by atoms with Crippen molar-refractivity contribution in [1.82, 2.24) is 9.80 Å². The number of esters is 1. The zero-order valence-corrected chi connectivity index (χ0v) is 30.5. The van der Waals surface area contributed by atoms with Gasteiger partial charge < -0.3 is 9.64 Å². The van der Waals surface area contributed by atoms with E-state index in [1.54, 1.807) is 0 Å². The Morgan fingerprint density at radius 2 is 1.22 bits per heavy atom. The van der Waals surface area contributed by atoms with Crippen molar-refractivity contribution in [3.05, 3.63) is 24.3 Å². The summed E-state index contributed by atoms with van der Waals surface area (Å²) >= 11 is 0. The molecule has 2 atom stereocenters. The fraction of sp³-hybridized carbons (Fsp3) is 0.854. The third-order valence-electron chi connectivity index (χ3n) is 10.2. The fourth-order valence-electron chi connectivity index (χ4n) is 7.23. The van der Waals surface area contributed by atoms with Crippen molar-refractivity contribution in [3.63, 3.8) is 0 Å². The molecule has 2 rings (SSSR count). The summed E-state index contributed by atoms with van der Waals surface area (Å²) in [7, 11) is 0. The zero-order chi connectivity index (χ0) is 32.9. The molecule has 0 bridgehead atoms. The summed E-state index contributed by atoms with van der Waals surface area (Å²) in [5.41, 5.74) is 0. The lowest BCUT2D eigenvalue weighted by atomic mass is 9.94. The van der Waals surface area contributed by atoms with Crippen LogP contribution >= 0.6 is 0 Å². The lowest BCUT2D eigenvalue weighted by molar-refractivity contribution is -0.150. The molecular formula is C41H74N2O3. The second-order valence-corrected chi connectivity index (χ2v) is 14.2. The minimum absolute atomic E-state index is 0.0199. The number of amides is 1. The number of likely N-dealkylation sites (tertiary alicyclic amines) is 2. The maximum Gasteiger partial charge on any atom is 0.311 e. The van der Waals surface area contributed by atoms with Gasteiger partial charge in [-0.25, -0.2) is 0 Å². The topological polar surface area (TPSA) is 49.9 Å². The van der Waals surface area contributed by atoms with Crippen LogP contribution in [0, 0.1) is 5.92 Å². The number of piperidine rings is 1. The predicted molar refractivity (Wildman–Crippen MR) is 196 cm³/mol. The molecule has 0 radical (unpaired) electrons. The molecule has 2 aliphatic rings. The normalized spacial score (nSPS) is 19.3. The standard InChI is InChI=1S/C41H74N2O3/c1-3-5-7-9-11-13-15-16-17-18-19-20-22-24-27-31-39-38(41(45)46-36-35-42-32-28-26-29-33-42)37-40(44)43(39)34-30-25-23-21-14-12-10-8-6-4-2/h11,13,16-17,38-39H,3-10,12,14-15,18-37H2,1-2H3/b13-11-,17-16-/t38-,39+/m0/s1. The quantitative estimate of drug-likeness (QED) is 0.0463. The first-order valence-electron chi connectivity index (χ1n) is 20.2. The first-order chi connectivity index (χ1) is 22.7. The van der Waals surface area contributed by atoms with Crippen LogP contribution in [-0.2, 0) is 14.3 Å². The van der Waals surface area contributed by atoms with Crippen LogP contribution in [0.15, 0.2) is 24.3 Å². The smallest absolute Gasteiger partial charge is 0.311 e. The van der Waals surface area contributed by atoms with E-state index in [1.807, 2.05) is 0 Å². The number of rotatable bonds is 29. The van der Waals surface area contributed by atoms with E-state index in [4.69, 9.17) is 4.74 Å². The summed E-state index contributed by atoms with van der Waals surface area (Å²) < 4.78 is 5.82. The summed E-state index contributed by atoms with van der Waals surface area (Å²) in [6, 6.07) is 0.0199. The van der Waals surface area contributed by atoms with Gasteiger partial charge in [0.1, 0.15) is 6.61 Å². The number of hydrogen-bond donors (Lipinski definition) is 0. The van der Waals surface area contributed by atoms with Crippen LogP contribution in [0.2, 0.25) is 0 Å². The molecule has 0 spiro atoms. The largest absolute Gasteiger partial charge is 0.464 e. The number of nitrogens with zero attached hydrogens (tertiary/aromatic N) is 2. The van der Waals surface area contributed by atoms with E-state index in [0.29, 0.717) is 13.0 Å². The Morgan fingerprint density at radius 3 is 1.87 bits per heavy atom. The van der Waals surface area contributed by atoms with Gasteiger partial charge in [0, 0.05) is 25.6 Å². The second kappa shape index (κ2) is 28.4. The molecule has 5 nitrogen and oxygen atoms in total. The molecule has 0 unspecified atom stereocenters. The first-order valence-corrected chi connectivity index (χ1v) is 20.2. The molecule has 0 N–H and O–H groups in total. The van der Waals surface area contributed by atoms with E-state index in [2.05, 4.69) is 48.0 Å². The fourth-order valence-corrected chi connectivity index (χ4v) is 7.23. The molecule has 2 heterocycles. The summed E-state index contributed by atoms with van der Waals surface area (Å²) in [6.45, 7) is 8.84. The van der Waals surface area contributed by atoms with Crippen LogP contribution < -0.4 is 0 Å². The zero-order valence-electron chi connectivity index (χ0n) is 30.5. The molecule has 0 saturated carbocycles. The highest BCUT2D eigenvalue weighted by Gasteiger charge is 2.43. The van der Waals surface area contributed by atoms with Crippen LogP contribution in [-0.4, -0.2) is 60.5 Å². The molecule has 0 aromatic rings. The van der Waals surface area contributed by atoms with E-state index in [0.717, 1.165) is 51.9 Å². The monoisotopic (exact) mass is 643 g/mol. The van der Waals surface area contributed by atoms with Gasteiger partial charge in [-0.05, 0) is 70.9 Å². The SMILES string of the molecule is CCCCC/C=C\C/C=C\CCCCCCC[C@@H]1[C@@H](C(=O)OCCN2CCCCC2)CC(=O)N1CCCCCCCCCCCC. The molecule has 2 aliphatic heterocycles. The van der Waals surface area contributed by atoms with Gasteiger partial charge in [0.2, 0.25) is 5.91 Å². The highest BCUT2D eigenvalue weighted by molar-refractivity contribution is 5.87. The molecule has 0 aromatic heterocycles. The van der Waals surface area contributed by atoms with Gasteiger partial charge in [0.05, 0.1) is 5.92 Å². The van der Waals surface area contributed by atoms with Gasteiger partial charge in [0.15, 0.2) is 0 Å². The average Bonchev–Trinajstić information content (AvgIpc) is 3.38. The Balaban J connectivity index is 1.70. The number of carbonyl (C=O) groups excluding carboxylic acids is 2. The van der Waals surface area contributed by atoms with Crippen molar-refractivity contribution in [2.45, 2.75) is 187 Å². The van der Waals surface area contributed by atoms with Gasteiger partial charge >= 0.3 is 5.97 Å². The molecule has 0 aliphatic carbocycles. The van der Waals surface area contributed by atoms with Crippen molar-refractivity contribution < 1.29 is 14.3 Å². The number of ether oxygens (including phenoxy) is 1. The van der Waals surface area contributed by atoms with Crippen LogP contribution in [0.1, 0.15) is 181 Å².